The number of ether oxygens (including phenoxy) is 1. The van der Waals surface area contributed by atoms with Crippen LogP contribution in [0.25, 0.3) is 0 Å². The Bertz CT molecular complexity index is 806. The molecule has 176 valence electrons. The van der Waals surface area contributed by atoms with E-state index in [2.05, 4.69) is 26.0 Å². The molecule has 0 saturated carbocycles. The quantitative estimate of drug-likeness (QED) is 0.335. The standard InChI is InChI=1S/C26H38N2O3S/c1-4-6-8-14-25(29)27(17-11-18-31-5-2)21-26(30)28(19-23-12-9-7-10-13-23)20-24-16-15-22(3)32-24/h7,9-10,12-13,15-16H,4-6,8,11,14,17-21H2,1-3H3. The van der Waals surface area contributed by atoms with Gasteiger partial charge in [0.2, 0.25) is 11.8 Å². The van der Waals surface area contributed by atoms with Crippen molar-refractivity contribution >= 4 is 23.2 Å². The van der Waals surface area contributed by atoms with E-state index in [1.54, 1.807) is 16.2 Å². The monoisotopic (exact) mass is 458 g/mol. The summed E-state index contributed by atoms with van der Waals surface area (Å²) in [5.74, 6) is 0.0510. The summed E-state index contributed by atoms with van der Waals surface area (Å²) in [6, 6.07) is 14.2. The molecule has 0 atom stereocenters. The van der Waals surface area contributed by atoms with Crippen molar-refractivity contribution in [3.63, 3.8) is 0 Å². The smallest absolute Gasteiger partial charge is 0.242 e. The highest BCUT2D eigenvalue weighted by Gasteiger charge is 2.22. The molecule has 0 unspecified atom stereocenters. The van der Waals surface area contributed by atoms with Crippen molar-refractivity contribution in [3.8, 4) is 0 Å². The first kappa shape index (κ1) is 26.1. The Morgan fingerprint density at radius 3 is 2.34 bits per heavy atom. The third kappa shape index (κ3) is 9.53. The van der Waals surface area contributed by atoms with Crippen molar-refractivity contribution in [2.24, 2.45) is 0 Å². The van der Waals surface area contributed by atoms with Gasteiger partial charge in [0, 0.05) is 42.5 Å². The van der Waals surface area contributed by atoms with Gasteiger partial charge in [-0.25, -0.2) is 0 Å². The van der Waals surface area contributed by atoms with Gasteiger partial charge in [0.1, 0.15) is 0 Å². The van der Waals surface area contributed by atoms with Crippen molar-refractivity contribution in [2.45, 2.75) is 66.0 Å². The molecule has 0 aliphatic heterocycles. The van der Waals surface area contributed by atoms with Crippen molar-refractivity contribution in [1.82, 2.24) is 9.80 Å². The number of benzene rings is 1. The Morgan fingerprint density at radius 2 is 1.69 bits per heavy atom. The summed E-state index contributed by atoms with van der Waals surface area (Å²) in [6.07, 6.45) is 4.21. The van der Waals surface area contributed by atoms with Crippen LogP contribution in [0.4, 0.5) is 0 Å². The van der Waals surface area contributed by atoms with Crippen molar-refractivity contribution in [3.05, 3.63) is 57.8 Å². The van der Waals surface area contributed by atoms with Gasteiger partial charge in [-0.2, -0.15) is 0 Å². The summed E-state index contributed by atoms with van der Waals surface area (Å²) in [5, 5.41) is 0. The van der Waals surface area contributed by atoms with Crippen LogP contribution in [0.1, 0.15) is 61.3 Å². The maximum absolute atomic E-state index is 13.4. The van der Waals surface area contributed by atoms with Crippen molar-refractivity contribution in [2.75, 3.05) is 26.3 Å². The molecule has 0 aliphatic carbocycles. The Balaban J connectivity index is 2.09. The first-order valence-electron chi connectivity index (χ1n) is 11.8. The Hall–Kier alpha value is -2.18. The van der Waals surface area contributed by atoms with E-state index in [4.69, 9.17) is 4.74 Å². The van der Waals surface area contributed by atoms with Gasteiger partial charge in [-0.05, 0) is 44.4 Å². The number of hydrogen-bond donors (Lipinski definition) is 0. The Morgan fingerprint density at radius 1 is 0.906 bits per heavy atom. The van der Waals surface area contributed by atoms with Gasteiger partial charge in [0.05, 0.1) is 13.1 Å². The number of carbonyl (C=O) groups is 2. The van der Waals surface area contributed by atoms with E-state index in [9.17, 15) is 9.59 Å². The molecular weight excluding hydrogens is 420 g/mol. The lowest BCUT2D eigenvalue weighted by molar-refractivity contribution is -0.141. The number of hydrogen-bond acceptors (Lipinski definition) is 4. The highest BCUT2D eigenvalue weighted by Crippen LogP contribution is 2.19. The van der Waals surface area contributed by atoms with Gasteiger partial charge in [-0.3, -0.25) is 9.59 Å². The van der Waals surface area contributed by atoms with E-state index in [1.807, 2.05) is 42.2 Å². The summed E-state index contributed by atoms with van der Waals surface area (Å²) in [5.41, 5.74) is 1.09. The molecule has 5 nitrogen and oxygen atoms in total. The van der Waals surface area contributed by atoms with Crippen LogP contribution in [-0.4, -0.2) is 47.9 Å². The first-order valence-corrected chi connectivity index (χ1v) is 12.6. The lowest BCUT2D eigenvalue weighted by Crippen LogP contribution is -2.43. The molecule has 0 spiro atoms. The van der Waals surface area contributed by atoms with E-state index in [1.165, 1.54) is 4.88 Å². The lowest BCUT2D eigenvalue weighted by Gasteiger charge is -2.28. The molecule has 0 bridgehead atoms. The SMILES string of the molecule is CCCCCC(=O)N(CCCOCC)CC(=O)N(Cc1ccccc1)Cc1ccc(C)s1. The fraction of sp³-hybridized carbons (Fsp3) is 0.538. The molecule has 6 heteroatoms. The van der Waals surface area contributed by atoms with Gasteiger partial charge in [-0.15, -0.1) is 11.3 Å². The minimum Gasteiger partial charge on any atom is -0.382 e. The second-order valence-electron chi connectivity index (χ2n) is 8.07. The second-order valence-corrected chi connectivity index (χ2v) is 9.44. The number of thiophene rings is 1. The van der Waals surface area contributed by atoms with Crippen LogP contribution in [0.2, 0.25) is 0 Å². The predicted molar refractivity (Wildman–Crippen MR) is 132 cm³/mol. The van der Waals surface area contributed by atoms with Crippen LogP contribution in [0.3, 0.4) is 0 Å². The summed E-state index contributed by atoms with van der Waals surface area (Å²) < 4.78 is 5.44. The zero-order chi connectivity index (χ0) is 23.2. The largest absolute Gasteiger partial charge is 0.382 e. The molecule has 0 N–H and O–H groups in total. The van der Waals surface area contributed by atoms with E-state index in [0.717, 1.165) is 36.1 Å². The summed E-state index contributed by atoms with van der Waals surface area (Å²) in [4.78, 5) is 32.3. The fourth-order valence-corrected chi connectivity index (χ4v) is 4.44. The maximum atomic E-state index is 13.4. The number of nitrogens with zero attached hydrogens (tertiary/aromatic N) is 2. The molecule has 2 rings (SSSR count). The third-order valence-corrected chi connectivity index (χ3v) is 6.29. The van der Waals surface area contributed by atoms with Crippen LogP contribution in [0.5, 0.6) is 0 Å². The molecular formula is C26H38N2O3S. The van der Waals surface area contributed by atoms with Crippen LogP contribution >= 0.6 is 11.3 Å². The topological polar surface area (TPSA) is 49.9 Å². The maximum Gasteiger partial charge on any atom is 0.242 e. The average Bonchev–Trinajstić information content (AvgIpc) is 3.20. The lowest BCUT2D eigenvalue weighted by atomic mass is 10.2. The van der Waals surface area contributed by atoms with E-state index in [0.29, 0.717) is 39.3 Å². The molecule has 2 amide bonds. The minimum atomic E-state index is -0.0137. The average molecular weight is 459 g/mol. The number of amides is 2. The molecule has 2 aromatic rings. The van der Waals surface area contributed by atoms with Crippen LogP contribution < -0.4 is 0 Å². The Labute approximate surface area is 197 Å². The third-order valence-electron chi connectivity index (χ3n) is 5.31. The minimum absolute atomic E-state index is 0.0137. The predicted octanol–water partition coefficient (Wildman–Crippen LogP) is 5.42. The second kappa shape index (κ2) is 14.8. The zero-order valence-electron chi connectivity index (χ0n) is 19.8. The molecule has 1 heterocycles. The highest BCUT2D eigenvalue weighted by atomic mass is 32.1. The summed E-state index contributed by atoms with van der Waals surface area (Å²) in [7, 11) is 0. The number of aryl methyl sites for hydroxylation is 1. The summed E-state index contributed by atoms with van der Waals surface area (Å²) >= 11 is 1.71. The molecule has 0 aliphatic rings. The zero-order valence-corrected chi connectivity index (χ0v) is 20.7. The molecule has 32 heavy (non-hydrogen) atoms. The molecule has 0 fully saturated rings. The van der Waals surface area contributed by atoms with Crippen molar-refractivity contribution < 1.29 is 14.3 Å². The highest BCUT2D eigenvalue weighted by molar-refractivity contribution is 7.11. The summed E-state index contributed by atoms with van der Waals surface area (Å²) in [6.45, 7) is 9.19. The molecule has 1 aromatic carbocycles. The van der Waals surface area contributed by atoms with Gasteiger partial charge in [0.15, 0.2) is 0 Å². The van der Waals surface area contributed by atoms with Gasteiger partial charge in [0.25, 0.3) is 0 Å². The molecule has 0 saturated heterocycles. The fourth-order valence-electron chi connectivity index (χ4n) is 3.54. The van der Waals surface area contributed by atoms with E-state index in [-0.39, 0.29) is 18.4 Å². The van der Waals surface area contributed by atoms with Gasteiger partial charge >= 0.3 is 0 Å². The van der Waals surface area contributed by atoms with Crippen LogP contribution in [0.15, 0.2) is 42.5 Å². The number of carbonyl (C=O) groups excluding carboxylic acids is 2. The van der Waals surface area contributed by atoms with Gasteiger partial charge in [-0.1, -0.05) is 50.1 Å². The van der Waals surface area contributed by atoms with Crippen LogP contribution in [-0.2, 0) is 27.4 Å². The van der Waals surface area contributed by atoms with Crippen LogP contribution in [0, 0.1) is 6.92 Å². The molecule has 1 aromatic heterocycles. The number of unbranched alkanes of at least 4 members (excludes halogenated alkanes) is 2. The normalized spacial score (nSPS) is 10.8. The van der Waals surface area contributed by atoms with Gasteiger partial charge < -0.3 is 14.5 Å². The molecule has 0 radical (unpaired) electrons. The van der Waals surface area contributed by atoms with E-state index >= 15 is 0 Å². The first-order chi connectivity index (χ1) is 15.5. The number of rotatable bonds is 15. The van der Waals surface area contributed by atoms with Crippen molar-refractivity contribution in [1.29, 1.82) is 0 Å². The van der Waals surface area contributed by atoms with E-state index < -0.39 is 0 Å². The Kier molecular flexibility index (Phi) is 12.1.